The van der Waals surface area contributed by atoms with Gasteiger partial charge in [-0.1, -0.05) is 36.4 Å². The molecule has 0 saturated carbocycles. The lowest BCUT2D eigenvalue weighted by Gasteiger charge is -2.16. The molecule has 0 spiro atoms. The minimum absolute atomic E-state index is 0.605. The van der Waals surface area contributed by atoms with Crippen LogP contribution < -0.4 is 0 Å². The lowest BCUT2D eigenvalue weighted by molar-refractivity contribution is -0.206. The molecule has 17 heavy (non-hydrogen) atoms. The molecule has 0 aliphatic heterocycles. The summed E-state index contributed by atoms with van der Waals surface area (Å²) in [5.41, 5.74) is 0.605. The van der Waals surface area contributed by atoms with Crippen molar-refractivity contribution < 1.29 is 22.7 Å². The minimum atomic E-state index is -4.60. The quantitative estimate of drug-likeness (QED) is 0.763. The fraction of sp³-hybridized carbons (Fsp3) is 0.250. The summed E-state index contributed by atoms with van der Waals surface area (Å²) in [5.74, 6) is -0.968. The maximum atomic E-state index is 12.5. The van der Waals surface area contributed by atoms with Crippen LogP contribution in [0.2, 0.25) is 0 Å². The molecule has 0 bridgehead atoms. The van der Waals surface area contributed by atoms with Crippen molar-refractivity contribution in [1.29, 1.82) is 0 Å². The van der Waals surface area contributed by atoms with Gasteiger partial charge in [-0.3, -0.25) is 4.79 Å². The van der Waals surface area contributed by atoms with Gasteiger partial charge < -0.3 is 4.74 Å². The van der Waals surface area contributed by atoms with Gasteiger partial charge in [-0.05, 0) is 11.6 Å². The molecule has 1 atom stereocenters. The molecule has 0 amide bonds. The number of benzene rings is 1. The summed E-state index contributed by atoms with van der Waals surface area (Å²) in [6.07, 6.45) is -4.73. The van der Waals surface area contributed by atoms with E-state index in [0.717, 1.165) is 13.0 Å². The normalized spacial score (nSPS) is 13.6. The summed E-state index contributed by atoms with van der Waals surface area (Å²) < 4.78 is 41.5. The van der Waals surface area contributed by atoms with Crippen molar-refractivity contribution in [3.05, 3.63) is 42.0 Å². The Bertz CT molecular complexity index is 396. The Morgan fingerprint density at radius 2 is 1.88 bits per heavy atom. The van der Waals surface area contributed by atoms with E-state index < -0.39 is 18.2 Å². The topological polar surface area (TPSA) is 26.3 Å². The predicted octanol–water partition coefficient (Wildman–Crippen LogP) is 3.19. The molecule has 0 radical (unpaired) electrons. The first-order chi connectivity index (χ1) is 7.89. The Balaban J connectivity index is 2.80. The van der Waals surface area contributed by atoms with Gasteiger partial charge in [0.1, 0.15) is 0 Å². The van der Waals surface area contributed by atoms with Gasteiger partial charge in [-0.2, -0.15) is 13.2 Å². The number of carbonyl (C=O) groups excluding carboxylic acids is 1. The first-order valence-electron chi connectivity index (χ1n) is 4.87. The van der Waals surface area contributed by atoms with Crippen LogP contribution in [0.4, 0.5) is 13.2 Å². The number of halogens is 3. The first-order valence-corrected chi connectivity index (χ1v) is 4.87. The molecule has 92 valence electrons. The van der Waals surface area contributed by atoms with Gasteiger partial charge in [0.25, 0.3) is 0 Å². The third-order valence-electron chi connectivity index (χ3n) is 1.88. The summed E-state index contributed by atoms with van der Waals surface area (Å²) in [4.78, 5) is 10.6. The third-order valence-corrected chi connectivity index (χ3v) is 1.88. The van der Waals surface area contributed by atoms with E-state index in [1.165, 1.54) is 6.08 Å². The molecule has 5 heteroatoms. The molecular formula is C12H11F3O2. The molecule has 0 aliphatic rings. The molecule has 2 nitrogen and oxygen atoms in total. The number of alkyl halides is 3. The third kappa shape index (κ3) is 4.72. The van der Waals surface area contributed by atoms with E-state index in [1.54, 1.807) is 30.3 Å². The van der Waals surface area contributed by atoms with Crippen LogP contribution in [0, 0.1) is 0 Å². The molecule has 0 heterocycles. The fourth-order valence-corrected chi connectivity index (χ4v) is 1.16. The Morgan fingerprint density at radius 3 is 2.35 bits per heavy atom. The molecule has 1 aromatic rings. The second-order valence-corrected chi connectivity index (χ2v) is 3.34. The van der Waals surface area contributed by atoms with E-state index in [1.807, 2.05) is 0 Å². The first kappa shape index (κ1) is 13.3. The molecule has 0 aromatic heterocycles. The lowest BCUT2D eigenvalue weighted by Crippen LogP contribution is -2.31. The van der Waals surface area contributed by atoms with E-state index in [0.29, 0.717) is 5.56 Å². The van der Waals surface area contributed by atoms with Gasteiger partial charge in [0.15, 0.2) is 0 Å². The molecule has 0 unspecified atom stereocenters. The molecular weight excluding hydrogens is 233 g/mol. The zero-order valence-corrected chi connectivity index (χ0v) is 9.07. The standard InChI is InChI=1S/C12H11F3O2/c1-9(16)17-11(12(13,14)15)8-7-10-5-3-2-4-6-10/h2-8,11H,1H3/b8-7+/t11-/m1/s1. The van der Waals surface area contributed by atoms with E-state index in [-0.39, 0.29) is 0 Å². The number of esters is 1. The van der Waals surface area contributed by atoms with Crippen molar-refractivity contribution in [2.24, 2.45) is 0 Å². The predicted molar refractivity (Wildman–Crippen MR) is 57.1 cm³/mol. The van der Waals surface area contributed by atoms with Crippen molar-refractivity contribution >= 4 is 12.0 Å². The Labute approximate surface area is 96.7 Å². The van der Waals surface area contributed by atoms with Crippen molar-refractivity contribution in [3.63, 3.8) is 0 Å². The maximum Gasteiger partial charge on any atom is 0.429 e. The molecule has 0 saturated heterocycles. The van der Waals surface area contributed by atoms with Gasteiger partial charge in [0.05, 0.1) is 0 Å². The monoisotopic (exact) mass is 244 g/mol. The SMILES string of the molecule is CC(=O)O[C@H](/C=C/c1ccccc1)C(F)(F)F. The molecule has 0 N–H and O–H groups in total. The zero-order valence-electron chi connectivity index (χ0n) is 9.07. The van der Waals surface area contributed by atoms with E-state index in [4.69, 9.17) is 0 Å². The highest BCUT2D eigenvalue weighted by molar-refractivity contribution is 5.66. The maximum absolute atomic E-state index is 12.5. The number of hydrogen-bond acceptors (Lipinski definition) is 2. The molecule has 1 aromatic carbocycles. The Morgan fingerprint density at radius 1 is 1.29 bits per heavy atom. The summed E-state index contributed by atoms with van der Waals surface area (Å²) in [6.45, 7) is 0.940. The zero-order chi connectivity index (χ0) is 12.9. The minimum Gasteiger partial charge on any atom is -0.449 e. The Kier molecular flexibility index (Phi) is 4.31. The molecule has 0 aliphatic carbocycles. The van der Waals surface area contributed by atoms with E-state index in [2.05, 4.69) is 4.74 Å². The van der Waals surface area contributed by atoms with Crippen LogP contribution in [-0.4, -0.2) is 18.2 Å². The number of ether oxygens (including phenoxy) is 1. The van der Waals surface area contributed by atoms with Crippen LogP contribution >= 0.6 is 0 Å². The number of carbonyl (C=O) groups is 1. The van der Waals surface area contributed by atoms with Gasteiger partial charge in [-0.15, -0.1) is 0 Å². The smallest absolute Gasteiger partial charge is 0.429 e. The van der Waals surface area contributed by atoms with Gasteiger partial charge in [0.2, 0.25) is 6.10 Å². The average molecular weight is 244 g/mol. The molecule has 1 rings (SSSR count). The van der Waals surface area contributed by atoms with Gasteiger partial charge in [-0.25, -0.2) is 0 Å². The van der Waals surface area contributed by atoms with Crippen molar-refractivity contribution in [2.75, 3.05) is 0 Å². The van der Waals surface area contributed by atoms with Crippen LogP contribution in [-0.2, 0) is 9.53 Å². The fourth-order valence-electron chi connectivity index (χ4n) is 1.16. The second-order valence-electron chi connectivity index (χ2n) is 3.34. The lowest BCUT2D eigenvalue weighted by atomic mass is 10.2. The number of rotatable bonds is 3. The highest BCUT2D eigenvalue weighted by Gasteiger charge is 2.40. The van der Waals surface area contributed by atoms with Crippen LogP contribution in [0.1, 0.15) is 12.5 Å². The largest absolute Gasteiger partial charge is 0.449 e. The summed E-state index contributed by atoms with van der Waals surface area (Å²) in [6, 6.07) is 8.46. The van der Waals surface area contributed by atoms with Crippen LogP contribution in [0.5, 0.6) is 0 Å². The Hall–Kier alpha value is -1.78. The van der Waals surface area contributed by atoms with E-state index in [9.17, 15) is 18.0 Å². The van der Waals surface area contributed by atoms with Gasteiger partial charge in [0, 0.05) is 6.92 Å². The van der Waals surface area contributed by atoms with Crippen molar-refractivity contribution in [1.82, 2.24) is 0 Å². The van der Waals surface area contributed by atoms with Crippen LogP contribution in [0.3, 0.4) is 0 Å². The van der Waals surface area contributed by atoms with Crippen molar-refractivity contribution in [3.8, 4) is 0 Å². The second kappa shape index (κ2) is 5.52. The van der Waals surface area contributed by atoms with Crippen LogP contribution in [0.15, 0.2) is 36.4 Å². The van der Waals surface area contributed by atoms with Crippen LogP contribution in [0.25, 0.3) is 6.08 Å². The summed E-state index contributed by atoms with van der Waals surface area (Å²) in [5, 5.41) is 0. The summed E-state index contributed by atoms with van der Waals surface area (Å²) in [7, 11) is 0. The highest BCUT2D eigenvalue weighted by Crippen LogP contribution is 2.24. The average Bonchev–Trinajstić information content (AvgIpc) is 2.23. The van der Waals surface area contributed by atoms with Crippen molar-refractivity contribution in [2.45, 2.75) is 19.2 Å². The summed E-state index contributed by atoms with van der Waals surface area (Å²) >= 11 is 0. The van der Waals surface area contributed by atoms with Gasteiger partial charge >= 0.3 is 12.1 Å². The molecule has 0 fully saturated rings. The number of hydrogen-bond donors (Lipinski definition) is 0. The van der Waals surface area contributed by atoms with E-state index >= 15 is 0 Å². The highest BCUT2D eigenvalue weighted by atomic mass is 19.4.